The standard InChI is InChI=1S/C9H8Cl2S2/c10-6-2-1-5-7(12)3-4-13-9(5)8(6)11/h1-2,7,12H,3-4H2. The van der Waals surface area contributed by atoms with Crippen LogP contribution in [0.25, 0.3) is 0 Å². The maximum absolute atomic E-state index is 6.09. The molecule has 0 amide bonds. The van der Waals surface area contributed by atoms with Gasteiger partial charge in [0.25, 0.3) is 0 Å². The van der Waals surface area contributed by atoms with Crippen molar-refractivity contribution in [1.29, 1.82) is 0 Å². The zero-order chi connectivity index (χ0) is 9.42. The second kappa shape index (κ2) is 3.93. The molecule has 1 aromatic carbocycles. The molecule has 4 heteroatoms. The van der Waals surface area contributed by atoms with Crippen molar-refractivity contribution in [3.63, 3.8) is 0 Å². The molecule has 1 unspecified atom stereocenters. The van der Waals surface area contributed by atoms with E-state index in [0.717, 1.165) is 17.1 Å². The van der Waals surface area contributed by atoms with Gasteiger partial charge < -0.3 is 0 Å². The van der Waals surface area contributed by atoms with E-state index in [2.05, 4.69) is 12.6 Å². The van der Waals surface area contributed by atoms with E-state index in [0.29, 0.717) is 15.3 Å². The summed E-state index contributed by atoms with van der Waals surface area (Å²) in [6.45, 7) is 0. The highest BCUT2D eigenvalue weighted by Gasteiger charge is 2.20. The molecule has 0 saturated heterocycles. The normalized spacial score (nSPS) is 21.3. The van der Waals surface area contributed by atoms with Gasteiger partial charge in [0.1, 0.15) is 0 Å². The van der Waals surface area contributed by atoms with Crippen LogP contribution in [0, 0.1) is 0 Å². The van der Waals surface area contributed by atoms with Crippen molar-refractivity contribution in [2.75, 3.05) is 5.75 Å². The molecule has 0 spiro atoms. The molecule has 1 heterocycles. The first-order valence-corrected chi connectivity index (χ1v) is 6.24. The molecule has 13 heavy (non-hydrogen) atoms. The van der Waals surface area contributed by atoms with Gasteiger partial charge in [0.2, 0.25) is 0 Å². The van der Waals surface area contributed by atoms with Gasteiger partial charge in [-0.25, -0.2) is 0 Å². The Labute approximate surface area is 97.4 Å². The third-order valence-corrected chi connectivity index (χ3v) is 4.70. The summed E-state index contributed by atoms with van der Waals surface area (Å²) in [6, 6.07) is 3.87. The van der Waals surface area contributed by atoms with Gasteiger partial charge in [-0.3, -0.25) is 0 Å². The molecule has 70 valence electrons. The minimum atomic E-state index is 0.311. The smallest absolute Gasteiger partial charge is 0.0731 e. The molecular weight excluding hydrogens is 243 g/mol. The fourth-order valence-corrected chi connectivity index (χ4v) is 3.71. The van der Waals surface area contributed by atoms with E-state index >= 15 is 0 Å². The zero-order valence-electron chi connectivity index (χ0n) is 6.76. The van der Waals surface area contributed by atoms with Crippen LogP contribution in [0.15, 0.2) is 17.0 Å². The Morgan fingerprint density at radius 2 is 2.15 bits per heavy atom. The molecule has 0 aromatic heterocycles. The average Bonchev–Trinajstić information content (AvgIpc) is 2.12. The number of rotatable bonds is 0. The van der Waals surface area contributed by atoms with Crippen LogP contribution in [0.2, 0.25) is 10.0 Å². The molecule has 1 atom stereocenters. The first kappa shape index (κ1) is 10.0. The lowest BCUT2D eigenvalue weighted by Crippen LogP contribution is -2.02. The molecule has 1 aliphatic rings. The first-order valence-electron chi connectivity index (χ1n) is 3.99. The van der Waals surface area contributed by atoms with Crippen molar-refractivity contribution in [2.24, 2.45) is 0 Å². The van der Waals surface area contributed by atoms with Gasteiger partial charge in [0.05, 0.1) is 10.0 Å². The van der Waals surface area contributed by atoms with Crippen LogP contribution >= 0.6 is 47.6 Å². The van der Waals surface area contributed by atoms with Gasteiger partial charge in [-0.1, -0.05) is 29.3 Å². The lowest BCUT2D eigenvalue weighted by atomic mass is 10.1. The number of thioether (sulfide) groups is 1. The molecular formula is C9H8Cl2S2. The summed E-state index contributed by atoms with van der Waals surface area (Å²) in [5.41, 5.74) is 1.22. The number of hydrogen-bond acceptors (Lipinski definition) is 2. The summed E-state index contributed by atoms with van der Waals surface area (Å²) >= 11 is 18.3. The summed E-state index contributed by atoms with van der Waals surface area (Å²) in [5.74, 6) is 1.07. The summed E-state index contributed by atoms with van der Waals surface area (Å²) in [7, 11) is 0. The number of fused-ring (bicyclic) bond motifs is 1. The molecule has 0 radical (unpaired) electrons. The Balaban J connectivity index is 2.56. The van der Waals surface area contributed by atoms with Crippen molar-refractivity contribution in [2.45, 2.75) is 16.6 Å². The average molecular weight is 251 g/mol. The minimum absolute atomic E-state index is 0.311. The van der Waals surface area contributed by atoms with Crippen LogP contribution in [-0.4, -0.2) is 5.75 Å². The fourth-order valence-electron chi connectivity index (χ4n) is 1.38. The lowest BCUT2D eigenvalue weighted by molar-refractivity contribution is 0.872. The van der Waals surface area contributed by atoms with E-state index in [1.54, 1.807) is 11.8 Å². The molecule has 0 saturated carbocycles. The predicted octanol–water partition coefficient (Wildman–Crippen LogP) is 4.46. The maximum atomic E-state index is 6.09. The summed E-state index contributed by atoms with van der Waals surface area (Å²) in [4.78, 5) is 1.11. The SMILES string of the molecule is SC1CCSc2c1ccc(Cl)c2Cl. The van der Waals surface area contributed by atoms with Crippen molar-refractivity contribution in [3.05, 3.63) is 27.7 Å². The highest BCUT2D eigenvalue weighted by Crippen LogP contribution is 2.45. The van der Waals surface area contributed by atoms with Crippen LogP contribution in [-0.2, 0) is 0 Å². The van der Waals surface area contributed by atoms with E-state index in [4.69, 9.17) is 23.2 Å². The molecule has 0 aliphatic carbocycles. The first-order chi connectivity index (χ1) is 6.20. The van der Waals surface area contributed by atoms with Crippen LogP contribution in [0.4, 0.5) is 0 Å². The number of benzene rings is 1. The van der Waals surface area contributed by atoms with Crippen LogP contribution in [0.3, 0.4) is 0 Å². The quantitative estimate of drug-likeness (QED) is 0.664. The molecule has 0 fully saturated rings. The highest BCUT2D eigenvalue weighted by molar-refractivity contribution is 7.99. The third kappa shape index (κ3) is 1.82. The van der Waals surface area contributed by atoms with Crippen LogP contribution in [0.5, 0.6) is 0 Å². The van der Waals surface area contributed by atoms with Gasteiger partial charge in [-0.05, 0) is 23.8 Å². The van der Waals surface area contributed by atoms with Gasteiger partial charge in [-0.15, -0.1) is 11.8 Å². The minimum Gasteiger partial charge on any atom is -0.171 e. The summed E-state index contributed by atoms with van der Waals surface area (Å²) in [6.07, 6.45) is 1.10. The second-order valence-electron chi connectivity index (χ2n) is 2.93. The third-order valence-electron chi connectivity index (χ3n) is 2.08. The number of hydrogen-bond donors (Lipinski definition) is 1. The highest BCUT2D eigenvalue weighted by atomic mass is 35.5. The van der Waals surface area contributed by atoms with Gasteiger partial charge in [0, 0.05) is 10.1 Å². The van der Waals surface area contributed by atoms with Crippen LogP contribution in [0.1, 0.15) is 17.2 Å². The Kier molecular flexibility index (Phi) is 3.04. The van der Waals surface area contributed by atoms with Gasteiger partial charge >= 0.3 is 0 Å². The summed E-state index contributed by atoms with van der Waals surface area (Å²) in [5, 5.41) is 1.63. The van der Waals surface area contributed by atoms with Crippen molar-refractivity contribution in [3.8, 4) is 0 Å². The second-order valence-corrected chi connectivity index (χ2v) is 5.45. The fraction of sp³-hybridized carbons (Fsp3) is 0.333. The Morgan fingerprint density at radius 1 is 1.38 bits per heavy atom. The Morgan fingerprint density at radius 3 is 2.92 bits per heavy atom. The lowest BCUT2D eigenvalue weighted by Gasteiger charge is -2.22. The zero-order valence-corrected chi connectivity index (χ0v) is 9.98. The van der Waals surface area contributed by atoms with E-state index in [1.807, 2.05) is 12.1 Å². The van der Waals surface area contributed by atoms with Crippen molar-refractivity contribution in [1.82, 2.24) is 0 Å². The Hall–Kier alpha value is 0.500. The predicted molar refractivity (Wildman–Crippen MR) is 63.5 cm³/mol. The maximum Gasteiger partial charge on any atom is 0.0731 e. The number of halogens is 2. The van der Waals surface area contributed by atoms with Crippen molar-refractivity contribution < 1.29 is 0 Å². The van der Waals surface area contributed by atoms with E-state index in [-0.39, 0.29) is 0 Å². The molecule has 1 aliphatic heterocycles. The van der Waals surface area contributed by atoms with Gasteiger partial charge in [0.15, 0.2) is 0 Å². The van der Waals surface area contributed by atoms with E-state index in [9.17, 15) is 0 Å². The molecule has 2 rings (SSSR count). The van der Waals surface area contributed by atoms with Crippen molar-refractivity contribution >= 4 is 47.6 Å². The monoisotopic (exact) mass is 250 g/mol. The van der Waals surface area contributed by atoms with E-state index in [1.165, 1.54) is 5.56 Å². The summed E-state index contributed by atoms with van der Waals surface area (Å²) < 4.78 is 0. The number of thiol groups is 1. The largest absolute Gasteiger partial charge is 0.171 e. The van der Waals surface area contributed by atoms with Gasteiger partial charge in [-0.2, -0.15) is 12.6 Å². The van der Waals surface area contributed by atoms with E-state index < -0.39 is 0 Å². The molecule has 0 bridgehead atoms. The molecule has 0 nitrogen and oxygen atoms in total. The topological polar surface area (TPSA) is 0 Å². The molecule has 0 N–H and O–H groups in total. The van der Waals surface area contributed by atoms with Crippen LogP contribution < -0.4 is 0 Å². The Bertz CT molecular complexity index is 339. The molecule has 1 aromatic rings.